The molecule has 84 valence electrons. The number of aromatic nitrogens is 4. The molecule has 16 heavy (non-hydrogen) atoms. The van der Waals surface area contributed by atoms with E-state index in [1.807, 2.05) is 0 Å². The maximum absolute atomic E-state index is 11.5. The van der Waals surface area contributed by atoms with Gasteiger partial charge in [0.2, 0.25) is 10.3 Å². The Morgan fingerprint density at radius 1 is 1.50 bits per heavy atom. The average molecular weight is 259 g/mol. The standard InChI is InChI=1S/C8H7ClN4O2S/c1-15-5-2-3-7(14)13(12-5)4-6-10-11-8(9)16-6/h2-3H,4H2,1H3. The zero-order valence-electron chi connectivity index (χ0n) is 8.25. The second-order valence-corrected chi connectivity index (χ2v) is 4.46. The lowest BCUT2D eigenvalue weighted by Crippen LogP contribution is -2.22. The van der Waals surface area contributed by atoms with E-state index in [2.05, 4.69) is 15.3 Å². The lowest BCUT2D eigenvalue weighted by Gasteiger charge is -2.03. The van der Waals surface area contributed by atoms with E-state index in [0.29, 0.717) is 15.4 Å². The summed E-state index contributed by atoms with van der Waals surface area (Å²) in [4.78, 5) is 11.5. The van der Waals surface area contributed by atoms with E-state index in [4.69, 9.17) is 16.3 Å². The summed E-state index contributed by atoms with van der Waals surface area (Å²) in [6, 6.07) is 2.89. The normalized spacial score (nSPS) is 10.4. The van der Waals surface area contributed by atoms with Crippen molar-refractivity contribution in [3.63, 3.8) is 0 Å². The fraction of sp³-hybridized carbons (Fsp3) is 0.250. The molecular formula is C8H7ClN4O2S. The highest BCUT2D eigenvalue weighted by atomic mass is 35.5. The van der Waals surface area contributed by atoms with E-state index in [1.165, 1.54) is 35.3 Å². The number of ether oxygens (including phenoxy) is 1. The van der Waals surface area contributed by atoms with E-state index in [1.54, 1.807) is 0 Å². The van der Waals surface area contributed by atoms with Crippen LogP contribution < -0.4 is 10.3 Å². The van der Waals surface area contributed by atoms with Crippen molar-refractivity contribution in [3.8, 4) is 5.88 Å². The maximum atomic E-state index is 11.5. The molecule has 8 heteroatoms. The minimum atomic E-state index is -0.230. The molecule has 0 radical (unpaired) electrons. The summed E-state index contributed by atoms with van der Waals surface area (Å²) in [5, 5.41) is 12.0. The van der Waals surface area contributed by atoms with Crippen molar-refractivity contribution in [2.45, 2.75) is 6.54 Å². The largest absolute Gasteiger partial charge is 0.480 e. The van der Waals surface area contributed by atoms with Crippen molar-refractivity contribution in [3.05, 3.63) is 32.0 Å². The molecule has 0 spiro atoms. The first-order chi connectivity index (χ1) is 7.69. The molecule has 0 fully saturated rings. The first-order valence-corrected chi connectivity index (χ1v) is 5.48. The minimum absolute atomic E-state index is 0.230. The van der Waals surface area contributed by atoms with Crippen molar-refractivity contribution in [1.82, 2.24) is 20.0 Å². The average Bonchev–Trinajstić information content (AvgIpc) is 2.67. The first kappa shape index (κ1) is 11.0. The van der Waals surface area contributed by atoms with Gasteiger partial charge in [-0.05, 0) is 11.6 Å². The van der Waals surface area contributed by atoms with Crippen LogP contribution in [0.4, 0.5) is 0 Å². The monoisotopic (exact) mass is 258 g/mol. The Morgan fingerprint density at radius 3 is 2.94 bits per heavy atom. The highest BCUT2D eigenvalue weighted by Crippen LogP contribution is 2.15. The highest BCUT2D eigenvalue weighted by Gasteiger charge is 2.06. The smallest absolute Gasteiger partial charge is 0.267 e. The number of hydrogen-bond acceptors (Lipinski definition) is 6. The fourth-order valence-corrected chi connectivity index (χ4v) is 1.93. The molecule has 2 heterocycles. The van der Waals surface area contributed by atoms with E-state index in [0.717, 1.165) is 0 Å². The molecule has 2 aromatic rings. The van der Waals surface area contributed by atoms with Crippen LogP contribution in [-0.4, -0.2) is 27.1 Å². The minimum Gasteiger partial charge on any atom is -0.480 e. The summed E-state index contributed by atoms with van der Waals surface area (Å²) < 4.78 is 6.51. The zero-order chi connectivity index (χ0) is 11.5. The predicted molar refractivity (Wildman–Crippen MR) is 59.1 cm³/mol. The van der Waals surface area contributed by atoms with E-state index < -0.39 is 0 Å². The van der Waals surface area contributed by atoms with Crippen LogP contribution in [0.2, 0.25) is 4.47 Å². The Kier molecular flexibility index (Phi) is 3.16. The predicted octanol–water partition coefficient (Wildman–Crippen LogP) is 0.805. The first-order valence-electron chi connectivity index (χ1n) is 4.29. The van der Waals surface area contributed by atoms with Gasteiger partial charge in [-0.1, -0.05) is 11.3 Å². The summed E-state index contributed by atoms with van der Waals surface area (Å²) in [5.41, 5.74) is -0.230. The Balaban J connectivity index is 2.30. The number of hydrogen-bond donors (Lipinski definition) is 0. The van der Waals surface area contributed by atoms with Crippen molar-refractivity contribution < 1.29 is 4.74 Å². The molecule has 0 unspecified atom stereocenters. The molecule has 0 saturated heterocycles. The van der Waals surface area contributed by atoms with Crippen LogP contribution in [0.5, 0.6) is 5.88 Å². The fourth-order valence-electron chi connectivity index (χ4n) is 1.08. The molecule has 0 aliphatic heterocycles. The summed E-state index contributed by atoms with van der Waals surface area (Å²) in [6.07, 6.45) is 0. The number of rotatable bonds is 3. The molecule has 0 N–H and O–H groups in total. The lowest BCUT2D eigenvalue weighted by molar-refractivity contribution is 0.378. The molecule has 0 saturated carbocycles. The maximum Gasteiger partial charge on any atom is 0.267 e. The number of methoxy groups -OCH3 is 1. The van der Waals surface area contributed by atoms with Gasteiger partial charge >= 0.3 is 0 Å². The second-order valence-electron chi connectivity index (χ2n) is 2.82. The Hall–Kier alpha value is -1.47. The Bertz CT molecular complexity index is 553. The molecule has 0 aliphatic carbocycles. The molecular weight excluding hydrogens is 252 g/mol. The van der Waals surface area contributed by atoms with Crippen LogP contribution in [-0.2, 0) is 6.54 Å². The molecule has 0 aliphatic rings. The Morgan fingerprint density at radius 2 is 2.31 bits per heavy atom. The molecule has 6 nitrogen and oxygen atoms in total. The molecule has 0 atom stereocenters. The summed E-state index contributed by atoms with van der Waals surface area (Å²) in [6.45, 7) is 0.237. The number of nitrogens with zero attached hydrogens (tertiary/aromatic N) is 4. The van der Waals surface area contributed by atoms with Gasteiger partial charge in [-0.2, -0.15) is 0 Å². The van der Waals surface area contributed by atoms with E-state index in [9.17, 15) is 4.79 Å². The molecule has 0 amide bonds. The SMILES string of the molecule is COc1ccc(=O)n(Cc2nnc(Cl)s2)n1. The van der Waals surface area contributed by atoms with E-state index in [-0.39, 0.29) is 12.1 Å². The zero-order valence-corrected chi connectivity index (χ0v) is 9.83. The molecule has 2 rings (SSSR count). The third-order valence-electron chi connectivity index (χ3n) is 1.78. The van der Waals surface area contributed by atoms with Gasteiger partial charge in [-0.3, -0.25) is 4.79 Å². The molecule has 0 bridgehead atoms. The van der Waals surface area contributed by atoms with Crippen molar-refractivity contribution in [2.24, 2.45) is 0 Å². The van der Waals surface area contributed by atoms with Gasteiger partial charge in [0.05, 0.1) is 13.7 Å². The van der Waals surface area contributed by atoms with Crippen LogP contribution in [0.25, 0.3) is 0 Å². The van der Waals surface area contributed by atoms with Crippen LogP contribution in [0, 0.1) is 0 Å². The van der Waals surface area contributed by atoms with Crippen molar-refractivity contribution in [1.29, 1.82) is 0 Å². The van der Waals surface area contributed by atoms with Gasteiger partial charge in [0.25, 0.3) is 5.56 Å². The molecule has 2 aromatic heterocycles. The third-order valence-corrected chi connectivity index (χ3v) is 2.78. The van der Waals surface area contributed by atoms with Gasteiger partial charge in [0.15, 0.2) is 0 Å². The highest BCUT2D eigenvalue weighted by molar-refractivity contribution is 7.15. The van der Waals surface area contributed by atoms with Crippen molar-refractivity contribution in [2.75, 3.05) is 7.11 Å². The quantitative estimate of drug-likeness (QED) is 0.815. The number of halogens is 1. The summed E-state index contributed by atoms with van der Waals surface area (Å²) in [5.74, 6) is 0.371. The van der Waals surface area contributed by atoms with Crippen molar-refractivity contribution >= 4 is 22.9 Å². The van der Waals surface area contributed by atoms with E-state index >= 15 is 0 Å². The third kappa shape index (κ3) is 2.37. The summed E-state index contributed by atoms with van der Waals surface area (Å²) in [7, 11) is 1.49. The van der Waals surface area contributed by atoms with Gasteiger partial charge in [0, 0.05) is 12.1 Å². The van der Waals surface area contributed by atoms with Gasteiger partial charge in [0.1, 0.15) is 5.01 Å². The summed E-state index contributed by atoms with van der Waals surface area (Å²) >= 11 is 6.84. The van der Waals surface area contributed by atoms with Gasteiger partial charge in [-0.25, -0.2) is 4.68 Å². The van der Waals surface area contributed by atoms with Gasteiger partial charge < -0.3 is 4.74 Å². The van der Waals surface area contributed by atoms with Gasteiger partial charge in [-0.15, -0.1) is 15.3 Å². The van der Waals surface area contributed by atoms with Crippen LogP contribution in [0.15, 0.2) is 16.9 Å². The van der Waals surface area contributed by atoms with Crippen LogP contribution >= 0.6 is 22.9 Å². The van der Waals surface area contributed by atoms with Crippen LogP contribution in [0.3, 0.4) is 0 Å². The van der Waals surface area contributed by atoms with Crippen LogP contribution in [0.1, 0.15) is 5.01 Å². The lowest BCUT2D eigenvalue weighted by atomic mass is 10.5. The second kappa shape index (κ2) is 4.58. The topological polar surface area (TPSA) is 69.9 Å². The molecule has 0 aromatic carbocycles. The Labute approximate surface area is 99.5 Å².